The molecule has 5 nitrogen and oxygen atoms in total. The zero-order chi connectivity index (χ0) is 19.3. The third-order valence-corrected chi connectivity index (χ3v) is 6.41. The van der Waals surface area contributed by atoms with Gasteiger partial charge in [0.2, 0.25) is 0 Å². The molecule has 0 atom stereocenters. The fourth-order valence-electron chi connectivity index (χ4n) is 3.88. The van der Waals surface area contributed by atoms with Crippen LogP contribution in [0.25, 0.3) is 11.0 Å². The van der Waals surface area contributed by atoms with E-state index in [4.69, 9.17) is 4.98 Å². The summed E-state index contributed by atoms with van der Waals surface area (Å²) >= 11 is 1.63. The summed E-state index contributed by atoms with van der Waals surface area (Å²) in [5.74, 6) is 0.826. The van der Waals surface area contributed by atoms with Gasteiger partial charge in [0.15, 0.2) is 0 Å². The second kappa shape index (κ2) is 8.66. The third kappa shape index (κ3) is 4.00. The Morgan fingerprint density at radius 2 is 2.00 bits per heavy atom. The Kier molecular flexibility index (Phi) is 5.82. The number of para-hydroxylation sites is 2. The van der Waals surface area contributed by atoms with E-state index in [-0.39, 0.29) is 5.69 Å². The van der Waals surface area contributed by atoms with E-state index in [1.54, 1.807) is 16.3 Å². The fraction of sp³-hybridized carbons (Fsp3) is 0.409. The van der Waals surface area contributed by atoms with Crippen LogP contribution in [0, 0.1) is 11.3 Å². The first-order valence-corrected chi connectivity index (χ1v) is 11.0. The number of hydrogen-bond donors (Lipinski definition) is 1. The normalized spacial score (nSPS) is 14.2. The van der Waals surface area contributed by atoms with E-state index in [0.29, 0.717) is 12.1 Å². The van der Waals surface area contributed by atoms with Gasteiger partial charge in [-0.3, -0.25) is 4.57 Å². The first-order chi connectivity index (χ1) is 13.8. The van der Waals surface area contributed by atoms with Gasteiger partial charge in [-0.2, -0.15) is 5.26 Å². The Morgan fingerprint density at radius 3 is 2.86 bits per heavy atom. The van der Waals surface area contributed by atoms with E-state index in [9.17, 15) is 10.1 Å². The average Bonchev–Trinajstić information content (AvgIpc) is 3.01. The molecule has 1 aliphatic carbocycles. The van der Waals surface area contributed by atoms with Crippen LogP contribution in [0.1, 0.15) is 48.9 Å². The number of benzene rings is 1. The molecule has 0 bridgehead atoms. The van der Waals surface area contributed by atoms with E-state index in [1.807, 2.05) is 24.3 Å². The predicted molar refractivity (Wildman–Crippen MR) is 113 cm³/mol. The highest BCUT2D eigenvalue weighted by atomic mass is 32.2. The number of pyridine rings is 1. The molecular weight excluding hydrogens is 368 g/mol. The zero-order valence-electron chi connectivity index (χ0n) is 15.9. The quantitative estimate of drug-likeness (QED) is 0.515. The van der Waals surface area contributed by atoms with Gasteiger partial charge in [-0.25, -0.2) is 9.78 Å². The summed E-state index contributed by atoms with van der Waals surface area (Å²) in [6.07, 6.45) is 7.79. The van der Waals surface area contributed by atoms with Gasteiger partial charge in [-0.15, -0.1) is 11.8 Å². The molecular formula is C22H24N4OS. The molecule has 1 aromatic carbocycles. The third-order valence-electron chi connectivity index (χ3n) is 5.33. The summed E-state index contributed by atoms with van der Waals surface area (Å²) in [4.78, 5) is 19.9. The molecule has 0 aliphatic heterocycles. The SMILES string of the molecule is N#Cc1cc2c(nc1SCCCn1c(=O)[nH]c3ccccc31)CCCCCC2. The molecule has 28 heavy (non-hydrogen) atoms. The number of rotatable bonds is 5. The number of aromatic nitrogens is 3. The van der Waals surface area contributed by atoms with Gasteiger partial charge in [0.1, 0.15) is 11.1 Å². The van der Waals surface area contributed by atoms with Crippen LogP contribution in [-0.4, -0.2) is 20.3 Å². The molecule has 0 unspecified atom stereocenters. The second-order valence-electron chi connectivity index (χ2n) is 7.27. The number of thioether (sulfide) groups is 1. The van der Waals surface area contributed by atoms with Crippen molar-refractivity contribution in [1.29, 1.82) is 5.26 Å². The lowest BCUT2D eigenvalue weighted by molar-refractivity contribution is 0.605. The Morgan fingerprint density at radius 1 is 1.18 bits per heavy atom. The summed E-state index contributed by atoms with van der Waals surface area (Å²) in [7, 11) is 0. The minimum atomic E-state index is -0.0665. The number of aromatic amines is 1. The van der Waals surface area contributed by atoms with Crippen LogP contribution in [0.15, 0.2) is 40.2 Å². The van der Waals surface area contributed by atoms with Gasteiger partial charge in [0.05, 0.1) is 16.6 Å². The van der Waals surface area contributed by atoms with Crippen LogP contribution in [-0.2, 0) is 19.4 Å². The maximum atomic E-state index is 12.2. The molecule has 0 fully saturated rings. The van der Waals surface area contributed by atoms with Crippen molar-refractivity contribution in [1.82, 2.24) is 14.5 Å². The Labute approximate surface area is 168 Å². The van der Waals surface area contributed by atoms with Gasteiger partial charge in [0.25, 0.3) is 0 Å². The fourth-order valence-corrected chi connectivity index (χ4v) is 4.78. The molecule has 144 valence electrons. The molecule has 2 heterocycles. The van der Waals surface area contributed by atoms with Gasteiger partial charge in [-0.05, 0) is 55.9 Å². The highest BCUT2D eigenvalue weighted by Gasteiger charge is 2.14. The molecule has 0 radical (unpaired) electrons. The molecule has 1 aliphatic rings. The van der Waals surface area contributed by atoms with Crippen molar-refractivity contribution in [2.24, 2.45) is 0 Å². The number of nitrogens with zero attached hydrogens (tertiary/aromatic N) is 3. The van der Waals surface area contributed by atoms with Crippen molar-refractivity contribution in [3.05, 3.63) is 57.6 Å². The summed E-state index contributed by atoms with van der Waals surface area (Å²) in [5.41, 5.74) is 4.86. The molecule has 3 aromatic rings. The van der Waals surface area contributed by atoms with E-state index >= 15 is 0 Å². The van der Waals surface area contributed by atoms with Gasteiger partial charge < -0.3 is 4.98 Å². The molecule has 2 aromatic heterocycles. The van der Waals surface area contributed by atoms with Gasteiger partial charge in [0, 0.05) is 18.0 Å². The lowest BCUT2D eigenvalue weighted by Crippen LogP contribution is -2.17. The Balaban J connectivity index is 1.44. The maximum Gasteiger partial charge on any atom is 0.326 e. The number of nitrogens with one attached hydrogen (secondary N) is 1. The van der Waals surface area contributed by atoms with E-state index in [1.165, 1.54) is 36.9 Å². The first-order valence-electron chi connectivity index (χ1n) is 9.99. The van der Waals surface area contributed by atoms with Crippen molar-refractivity contribution in [3.63, 3.8) is 0 Å². The zero-order valence-corrected chi connectivity index (χ0v) is 16.7. The van der Waals surface area contributed by atoms with Crippen molar-refractivity contribution in [2.75, 3.05) is 5.75 Å². The summed E-state index contributed by atoms with van der Waals surface area (Å²) in [5, 5.41) is 10.4. The molecule has 0 amide bonds. The van der Waals surface area contributed by atoms with Crippen LogP contribution >= 0.6 is 11.8 Å². The molecule has 6 heteroatoms. The van der Waals surface area contributed by atoms with E-state index in [2.05, 4.69) is 17.1 Å². The second-order valence-corrected chi connectivity index (χ2v) is 8.36. The topological polar surface area (TPSA) is 74.5 Å². The highest BCUT2D eigenvalue weighted by molar-refractivity contribution is 7.99. The number of aryl methyl sites for hydroxylation is 3. The molecule has 0 saturated carbocycles. The maximum absolute atomic E-state index is 12.2. The number of fused-ring (bicyclic) bond motifs is 2. The van der Waals surface area contributed by atoms with Crippen molar-refractivity contribution < 1.29 is 0 Å². The minimum absolute atomic E-state index is 0.0665. The standard InChI is InChI=1S/C22H24N4OS/c23-15-17-14-16-8-3-1-2-4-9-18(16)24-21(17)28-13-7-12-26-20-11-6-5-10-19(20)25-22(26)27/h5-6,10-11,14H,1-4,7-9,12-13H2,(H,25,27). The number of nitriles is 1. The predicted octanol–water partition coefficient (Wildman–Crippen LogP) is 4.44. The minimum Gasteiger partial charge on any atom is -0.306 e. The first kappa shape index (κ1) is 18.8. The molecule has 1 N–H and O–H groups in total. The Bertz CT molecular complexity index is 1080. The Hall–Kier alpha value is -2.52. The highest BCUT2D eigenvalue weighted by Crippen LogP contribution is 2.27. The monoisotopic (exact) mass is 392 g/mol. The summed E-state index contributed by atoms with van der Waals surface area (Å²) < 4.78 is 1.79. The lowest BCUT2D eigenvalue weighted by atomic mass is 9.96. The van der Waals surface area contributed by atoms with E-state index in [0.717, 1.165) is 41.1 Å². The number of hydrogen-bond acceptors (Lipinski definition) is 4. The van der Waals surface area contributed by atoms with Crippen molar-refractivity contribution in [2.45, 2.75) is 56.5 Å². The van der Waals surface area contributed by atoms with Crippen LogP contribution < -0.4 is 5.69 Å². The van der Waals surface area contributed by atoms with Gasteiger partial charge in [-0.1, -0.05) is 25.0 Å². The number of imidazole rings is 1. The van der Waals surface area contributed by atoms with Gasteiger partial charge >= 0.3 is 5.69 Å². The smallest absolute Gasteiger partial charge is 0.306 e. The van der Waals surface area contributed by atoms with Crippen LogP contribution in [0.3, 0.4) is 0 Å². The average molecular weight is 393 g/mol. The van der Waals surface area contributed by atoms with Crippen molar-refractivity contribution >= 4 is 22.8 Å². The number of H-pyrrole nitrogens is 1. The van der Waals surface area contributed by atoms with Crippen LogP contribution in [0.5, 0.6) is 0 Å². The molecule has 0 saturated heterocycles. The van der Waals surface area contributed by atoms with Crippen LogP contribution in [0.4, 0.5) is 0 Å². The summed E-state index contributed by atoms with van der Waals surface area (Å²) in [6, 6.07) is 12.1. The summed E-state index contributed by atoms with van der Waals surface area (Å²) in [6.45, 7) is 0.655. The lowest BCUT2D eigenvalue weighted by Gasteiger charge is -2.15. The van der Waals surface area contributed by atoms with Crippen molar-refractivity contribution in [3.8, 4) is 6.07 Å². The van der Waals surface area contributed by atoms with Crippen LogP contribution in [0.2, 0.25) is 0 Å². The largest absolute Gasteiger partial charge is 0.326 e. The molecule has 0 spiro atoms. The molecule has 4 rings (SSSR count). The van der Waals surface area contributed by atoms with E-state index < -0.39 is 0 Å².